The summed E-state index contributed by atoms with van der Waals surface area (Å²) in [6.45, 7) is 2.24. The number of halogens is 9. The van der Waals surface area contributed by atoms with Crippen LogP contribution >= 0.6 is 0 Å². The molecule has 0 aromatic heterocycles. The van der Waals surface area contributed by atoms with E-state index in [-0.39, 0.29) is 30.1 Å². The molecule has 0 amide bonds. The van der Waals surface area contributed by atoms with Crippen LogP contribution < -0.4 is 0 Å². The van der Waals surface area contributed by atoms with Crippen LogP contribution in [0.15, 0.2) is 18.2 Å². The maximum Gasteiger partial charge on any atom is 0.460 e. The SMILES string of the molecule is C[C@]12CCC3c4ccc(O)cc4C[C@@H](CCCCCCCCC[C@H](CCC(F)(F)C(F)(F)C(F)(F)C(F)(F)F)C(=O)O)C3C1CC[C@@H]2O. The Kier molecular flexibility index (Phi) is 11.7. The number of aliphatic hydroxyl groups is 1. The number of unbranched alkanes of at least 4 members (excludes halogenated alkanes) is 6. The number of carbonyl (C=O) groups is 1. The van der Waals surface area contributed by atoms with Gasteiger partial charge in [0.2, 0.25) is 0 Å². The van der Waals surface area contributed by atoms with Gasteiger partial charge in [0, 0.05) is 6.42 Å². The topological polar surface area (TPSA) is 77.8 Å². The molecule has 2 fully saturated rings. The van der Waals surface area contributed by atoms with E-state index in [1.807, 2.05) is 6.07 Å². The molecule has 0 aliphatic heterocycles. The third kappa shape index (κ3) is 7.60. The minimum Gasteiger partial charge on any atom is -0.508 e. The van der Waals surface area contributed by atoms with Crippen LogP contribution in [0.2, 0.25) is 0 Å². The number of carboxylic acids is 1. The van der Waals surface area contributed by atoms with E-state index in [2.05, 4.69) is 13.0 Å². The lowest BCUT2D eigenvalue weighted by atomic mass is 9.52. The molecular formula is C35H47F9O4. The van der Waals surface area contributed by atoms with Gasteiger partial charge in [-0.1, -0.05) is 57.9 Å². The van der Waals surface area contributed by atoms with E-state index < -0.39 is 48.7 Å². The summed E-state index contributed by atoms with van der Waals surface area (Å²) < 4.78 is 118. The number of phenolic OH excluding ortho intramolecular Hbond substituents is 1. The number of aliphatic hydroxyl groups excluding tert-OH is 1. The van der Waals surface area contributed by atoms with Crippen molar-refractivity contribution in [2.24, 2.45) is 29.1 Å². The molecular weight excluding hydrogens is 655 g/mol. The molecule has 3 aliphatic carbocycles. The van der Waals surface area contributed by atoms with E-state index in [1.165, 1.54) is 11.1 Å². The highest BCUT2D eigenvalue weighted by Gasteiger charge is 2.81. The molecule has 3 N–H and O–H groups in total. The van der Waals surface area contributed by atoms with Crippen LogP contribution in [-0.2, 0) is 11.2 Å². The fourth-order valence-electron chi connectivity index (χ4n) is 9.02. The Labute approximate surface area is 275 Å². The second kappa shape index (κ2) is 14.6. The zero-order valence-electron chi connectivity index (χ0n) is 27.2. The molecule has 4 nitrogen and oxygen atoms in total. The lowest BCUT2D eigenvalue weighted by Gasteiger charge is -2.53. The average Bonchev–Trinajstić information content (AvgIpc) is 3.30. The van der Waals surface area contributed by atoms with Gasteiger partial charge >= 0.3 is 29.9 Å². The van der Waals surface area contributed by atoms with Crippen molar-refractivity contribution in [3.8, 4) is 5.75 Å². The normalized spacial score (nSPS) is 28.4. The zero-order valence-corrected chi connectivity index (χ0v) is 27.2. The summed E-state index contributed by atoms with van der Waals surface area (Å²) in [4.78, 5) is 11.5. The highest BCUT2D eigenvalue weighted by molar-refractivity contribution is 5.69. The minimum absolute atomic E-state index is 0.0682. The number of rotatable bonds is 16. The predicted molar refractivity (Wildman–Crippen MR) is 160 cm³/mol. The number of hydrogen-bond acceptors (Lipinski definition) is 3. The van der Waals surface area contributed by atoms with Crippen LogP contribution in [0, 0.1) is 29.1 Å². The summed E-state index contributed by atoms with van der Waals surface area (Å²) in [5.74, 6) is -20.6. The second-order valence-electron chi connectivity index (χ2n) is 14.8. The summed E-state index contributed by atoms with van der Waals surface area (Å²) in [6, 6.07) is 5.72. The van der Waals surface area contributed by atoms with Crippen molar-refractivity contribution in [3.63, 3.8) is 0 Å². The van der Waals surface area contributed by atoms with Crippen molar-refractivity contribution in [2.45, 2.75) is 146 Å². The largest absolute Gasteiger partial charge is 0.508 e. The number of fused-ring (bicyclic) bond motifs is 5. The van der Waals surface area contributed by atoms with E-state index in [0.29, 0.717) is 36.5 Å². The number of hydrogen-bond donors (Lipinski definition) is 3. The Bertz CT molecular complexity index is 1250. The molecule has 4 rings (SSSR count). The molecule has 13 heteroatoms. The smallest absolute Gasteiger partial charge is 0.460 e. The molecule has 7 atom stereocenters. The van der Waals surface area contributed by atoms with Crippen molar-refractivity contribution in [2.75, 3.05) is 0 Å². The fourth-order valence-corrected chi connectivity index (χ4v) is 9.02. The Balaban J connectivity index is 1.20. The van der Waals surface area contributed by atoms with Crippen molar-refractivity contribution >= 4 is 5.97 Å². The molecule has 48 heavy (non-hydrogen) atoms. The summed E-state index contributed by atoms with van der Waals surface area (Å²) in [5, 5.41) is 30.3. The molecule has 2 saturated carbocycles. The molecule has 0 bridgehead atoms. The van der Waals surface area contributed by atoms with Gasteiger partial charge < -0.3 is 15.3 Å². The number of carboxylic acid groups (broad SMARTS) is 1. The number of aliphatic carboxylic acids is 1. The van der Waals surface area contributed by atoms with Crippen LogP contribution in [0.1, 0.15) is 120 Å². The molecule has 0 saturated heterocycles. The standard InChI is InChI=1S/C35H47F9O4/c1-31-17-16-26-25-12-11-24(45)20-23(25)19-22(29(26)27(31)13-14-28(31)46)10-8-6-4-2-3-5-7-9-21(30(47)48)15-18-32(36,37)33(38,39)34(40,41)35(42,43)44/h11-12,20-22,26-29,45-46H,2-10,13-19H2,1H3,(H,47,48)/t21-,22-,26?,27?,28+,29?,31+/m1/s1. The van der Waals surface area contributed by atoms with Gasteiger partial charge in [0.1, 0.15) is 5.75 Å². The van der Waals surface area contributed by atoms with Gasteiger partial charge in [0.25, 0.3) is 0 Å². The molecule has 0 radical (unpaired) electrons. The van der Waals surface area contributed by atoms with Gasteiger partial charge in [-0.05, 0) is 104 Å². The first-order valence-corrected chi connectivity index (χ1v) is 17.2. The lowest BCUT2D eigenvalue weighted by molar-refractivity contribution is -0.396. The molecule has 0 spiro atoms. The fraction of sp³-hybridized carbons (Fsp3) is 0.800. The molecule has 3 aliphatic rings. The average molecular weight is 703 g/mol. The van der Waals surface area contributed by atoms with Crippen LogP contribution in [0.4, 0.5) is 39.5 Å². The van der Waals surface area contributed by atoms with Gasteiger partial charge in [0.05, 0.1) is 12.0 Å². The van der Waals surface area contributed by atoms with Crippen molar-refractivity contribution in [1.82, 2.24) is 0 Å². The van der Waals surface area contributed by atoms with Crippen LogP contribution in [0.3, 0.4) is 0 Å². The Morgan fingerprint density at radius 3 is 2.12 bits per heavy atom. The summed E-state index contributed by atoms with van der Waals surface area (Å²) in [6.07, 6.45) is 0.306. The van der Waals surface area contributed by atoms with Crippen molar-refractivity contribution in [1.29, 1.82) is 0 Å². The monoisotopic (exact) mass is 702 g/mol. The molecule has 1 aromatic carbocycles. The highest BCUT2D eigenvalue weighted by Crippen LogP contribution is 2.63. The summed E-state index contributed by atoms with van der Waals surface area (Å²) >= 11 is 0. The van der Waals surface area contributed by atoms with Crippen LogP contribution in [0.25, 0.3) is 0 Å². The van der Waals surface area contributed by atoms with E-state index in [4.69, 9.17) is 0 Å². The highest BCUT2D eigenvalue weighted by atomic mass is 19.4. The quantitative estimate of drug-likeness (QED) is 0.118. The zero-order chi connectivity index (χ0) is 35.7. The molecule has 3 unspecified atom stereocenters. The maximum absolute atomic E-state index is 13.9. The number of alkyl halides is 9. The number of phenols is 1. The summed E-state index contributed by atoms with van der Waals surface area (Å²) in [5.41, 5.74) is 2.47. The Morgan fingerprint density at radius 1 is 0.875 bits per heavy atom. The van der Waals surface area contributed by atoms with E-state index in [0.717, 1.165) is 64.2 Å². The second-order valence-corrected chi connectivity index (χ2v) is 14.8. The van der Waals surface area contributed by atoms with Gasteiger partial charge in [-0.25, -0.2) is 0 Å². The molecule has 274 valence electrons. The Hall–Kier alpha value is -2.18. The number of benzene rings is 1. The first kappa shape index (κ1) is 38.6. The van der Waals surface area contributed by atoms with Gasteiger partial charge in [-0.2, -0.15) is 39.5 Å². The first-order valence-electron chi connectivity index (χ1n) is 17.2. The lowest BCUT2D eigenvalue weighted by Crippen LogP contribution is -2.60. The van der Waals surface area contributed by atoms with E-state index >= 15 is 0 Å². The third-order valence-corrected chi connectivity index (χ3v) is 11.8. The predicted octanol–water partition coefficient (Wildman–Crippen LogP) is 10.3. The van der Waals surface area contributed by atoms with Gasteiger partial charge in [-0.15, -0.1) is 0 Å². The van der Waals surface area contributed by atoms with Gasteiger partial charge in [-0.3, -0.25) is 4.79 Å². The van der Waals surface area contributed by atoms with Crippen molar-refractivity contribution in [3.05, 3.63) is 29.3 Å². The van der Waals surface area contributed by atoms with E-state index in [9.17, 15) is 59.6 Å². The van der Waals surface area contributed by atoms with Crippen LogP contribution in [-0.4, -0.2) is 51.3 Å². The summed E-state index contributed by atoms with van der Waals surface area (Å²) in [7, 11) is 0. The molecule has 1 aromatic rings. The van der Waals surface area contributed by atoms with Gasteiger partial charge in [0.15, 0.2) is 0 Å². The van der Waals surface area contributed by atoms with E-state index in [1.54, 1.807) is 6.07 Å². The number of aromatic hydroxyl groups is 1. The third-order valence-electron chi connectivity index (χ3n) is 11.8. The first-order chi connectivity index (χ1) is 22.2. The maximum atomic E-state index is 13.9. The minimum atomic E-state index is -6.98. The van der Waals surface area contributed by atoms with Crippen molar-refractivity contribution < 1.29 is 59.6 Å². The molecule has 0 heterocycles. The van der Waals surface area contributed by atoms with Crippen LogP contribution in [0.5, 0.6) is 5.75 Å². The Morgan fingerprint density at radius 2 is 1.50 bits per heavy atom.